The number of fused-ring (bicyclic) bond motifs is 1. The molecule has 0 unspecified atom stereocenters. The second-order valence-corrected chi connectivity index (χ2v) is 3.78. The van der Waals surface area contributed by atoms with E-state index in [1.807, 2.05) is 35.1 Å². The SMILES string of the molecule is NNC(=O)NNc1csc2ccccc12. The molecule has 0 fully saturated rings. The Kier molecular flexibility index (Phi) is 2.70. The largest absolute Gasteiger partial charge is 0.347 e. The average Bonchev–Trinajstić information content (AvgIpc) is 2.69. The van der Waals surface area contributed by atoms with E-state index in [1.54, 1.807) is 11.3 Å². The van der Waals surface area contributed by atoms with Gasteiger partial charge in [0.1, 0.15) is 0 Å². The van der Waals surface area contributed by atoms with Crippen molar-refractivity contribution >= 4 is 33.1 Å². The molecule has 0 bridgehead atoms. The van der Waals surface area contributed by atoms with E-state index in [0.29, 0.717) is 0 Å². The molecule has 0 spiro atoms. The zero-order valence-corrected chi connectivity index (χ0v) is 8.60. The van der Waals surface area contributed by atoms with Crippen LogP contribution in [0.25, 0.3) is 10.1 Å². The zero-order chi connectivity index (χ0) is 10.7. The van der Waals surface area contributed by atoms with Crippen molar-refractivity contribution in [3.05, 3.63) is 29.6 Å². The van der Waals surface area contributed by atoms with Crippen molar-refractivity contribution in [1.82, 2.24) is 10.9 Å². The van der Waals surface area contributed by atoms with Gasteiger partial charge < -0.3 is 0 Å². The molecular formula is C9H10N4OS. The molecule has 2 amide bonds. The van der Waals surface area contributed by atoms with E-state index in [1.165, 1.54) is 0 Å². The van der Waals surface area contributed by atoms with Crippen LogP contribution < -0.4 is 22.1 Å². The fraction of sp³-hybridized carbons (Fsp3) is 0. The third-order valence-corrected chi connectivity index (χ3v) is 2.89. The smallest absolute Gasteiger partial charge is 0.296 e. The lowest BCUT2D eigenvalue weighted by atomic mass is 10.2. The van der Waals surface area contributed by atoms with Gasteiger partial charge in [-0.1, -0.05) is 18.2 Å². The molecular weight excluding hydrogens is 212 g/mol. The monoisotopic (exact) mass is 222 g/mol. The molecule has 6 heteroatoms. The summed E-state index contributed by atoms with van der Waals surface area (Å²) in [5, 5.41) is 3.00. The summed E-state index contributed by atoms with van der Waals surface area (Å²) in [5.41, 5.74) is 8.02. The van der Waals surface area contributed by atoms with Crippen molar-refractivity contribution in [3.63, 3.8) is 0 Å². The Morgan fingerprint density at radius 3 is 2.93 bits per heavy atom. The van der Waals surface area contributed by atoms with Crippen LogP contribution in [-0.4, -0.2) is 6.03 Å². The molecule has 0 aliphatic heterocycles. The molecule has 78 valence electrons. The number of hydrogen-bond acceptors (Lipinski definition) is 4. The normalized spacial score (nSPS) is 9.93. The highest BCUT2D eigenvalue weighted by atomic mass is 32.1. The van der Waals surface area contributed by atoms with Crippen molar-refractivity contribution in [1.29, 1.82) is 0 Å². The van der Waals surface area contributed by atoms with Gasteiger partial charge in [0.05, 0.1) is 5.69 Å². The summed E-state index contributed by atoms with van der Waals surface area (Å²) >= 11 is 1.61. The summed E-state index contributed by atoms with van der Waals surface area (Å²) in [7, 11) is 0. The van der Waals surface area contributed by atoms with E-state index in [9.17, 15) is 4.79 Å². The molecule has 0 aliphatic rings. The van der Waals surface area contributed by atoms with Crippen LogP contribution in [0.4, 0.5) is 10.5 Å². The topological polar surface area (TPSA) is 79.2 Å². The molecule has 0 radical (unpaired) electrons. The third-order valence-electron chi connectivity index (χ3n) is 1.92. The second kappa shape index (κ2) is 4.16. The minimum atomic E-state index is -0.481. The first kappa shape index (κ1) is 9.75. The number of anilines is 1. The van der Waals surface area contributed by atoms with E-state index in [-0.39, 0.29) is 0 Å². The van der Waals surface area contributed by atoms with E-state index < -0.39 is 6.03 Å². The maximum Gasteiger partial charge on any atom is 0.347 e. The van der Waals surface area contributed by atoms with Gasteiger partial charge in [-0.15, -0.1) is 11.3 Å². The number of rotatable bonds is 2. The molecule has 0 saturated heterocycles. The highest BCUT2D eigenvalue weighted by molar-refractivity contribution is 7.17. The van der Waals surface area contributed by atoms with E-state index in [0.717, 1.165) is 15.8 Å². The van der Waals surface area contributed by atoms with Gasteiger partial charge in [-0.25, -0.2) is 10.6 Å². The van der Waals surface area contributed by atoms with Crippen LogP contribution in [0, 0.1) is 0 Å². The number of urea groups is 1. The molecule has 0 aliphatic carbocycles. The molecule has 2 rings (SSSR count). The molecule has 5 N–H and O–H groups in total. The number of hydrogen-bond donors (Lipinski definition) is 4. The lowest BCUT2D eigenvalue weighted by molar-refractivity contribution is 0.243. The number of carbonyl (C=O) groups is 1. The summed E-state index contributed by atoms with van der Waals surface area (Å²) < 4.78 is 1.16. The molecule has 5 nitrogen and oxygen atoms in total. The number of hydrazine groups is 2. The second-order valence-electron chi connectivity index (χ2n) is 2.87. The Morgan fingerprint density at radius 1 is 1.33 bits per heavy atom. The van der Waals surface area contributed by atoms with Crippen LogP contribution in [-0.2, 0) is 0 Å². The van der Waals surface area contributed by atoms with Gasteiger partial charge in [-0.05, 0) is 6.07 Å². The maximum atomic E-state index is 10.8. The number of carbonyl (C=O) groups excluding carboxylic acids is 1. The lowest BCUT2D eigenvalue weighted by Crippen LogP contribution is -2.42. The van der Waals surface area contributed by atoms with Crippen molar-refractivity contribution in [3.8, 4) is 0 Å². The van der Waals surface area contributed by atoms with Crippen LogP contribution >= 0.6 is 11.3 Å². The number of benzene rings is 1. The molecule has 15 heavy (non-hydrogen) atoms. The molecule has 0 atom stereocenters. The molecule has 1 aromatic heterocycles. The quantitative estimate of drug-likeness (QED) is 0.352. The minimum absolute atomic E-state index is 0.481. The van der Waals surface area contributed by atoms with Crippen molar-refractivity contribution in [2.45, 2.75) is 0 Å². The number of nitrogens with two attached hydrogens (primary N) is 1. The fourth-order valence-corrected chi connectivity index (χ4v) is 2.13. The summed E-state index contributed by atoms with van der Waals surface area (Å²) in [4.78, 5) is 10.8. The van der Waals surface area contributed by atoms with Crippen LogP contribution in [0.5, 0.6) is 0 Å². The van der Waals surface area contributed by atoms with Crippen LogP contribution in [0.1, 0.15) is 0 Å². The van der Waals surface area contributed by atoms with Crippen LogP contribution in [0.3, 0.4) is 0 Å². The molecule has 0 saturated carbocycles. The summed E-state index contributed by atoms with van der Waals surface area (Å²) in [6, 6.07) is 7.45. The standard InChI is InChI=1S/C9H10N4OS/c10-11-9(14)13-12-7-5-15-8-4-2-1-3-6(7)8/h1-5,12H,10H2,(H2,11,13,14). The van der Waals surface area contributed by atoms with Crippen molar-refractivity contribution in [2.75, 3.05) is 5.43 Å². The Labute approximate surface area is 90.2 Å². The molecule has 2 aromatic rings. The average molecular weight is 222 g/mol. The summed E-state index contributed by atoms with van der Waals surface area (Å²) in [6.07, 6.45) is 0. The Balaban J connectivity index is 2.18. The van der Waals surface area contributed by atoms with Crippen LogP contribution in [0.15, 0.2) is 29.6 Å². The minimum Gasteiger partial charge on any atom is -0.296 e. The predicted octanol–water partition coefficient (Wildman–Crippen LogP) is 1.40. The van der Waals surface area contributed by atoms with Crippen molar-refractivity contribution < 1.29 is 4.79 Å². The summed E-state index contributed by atoms with van der Waals surface area (Å²) in [6.45, 7) is 0. The number of amides is 2. The van der Waals surface area contributed by atoms with Gasteiger partial charge in [0.2, 0.25) is 0 Å². The predicted molar refractivity (Wildman–Crippen MR) is 61.3 cm³/mol. The number of thiophene rings is 1. The van der Waals surface area contributed by atoms with Gasteiger partial charge in [0, 0.05) is 15.5 Å². The van der Waals surface area contributed by atoms with E-state index in [2.05, 4.69) is 10.9 Å². The Hall–Kier alpha value is -1.79. The Morgan fingerprint density at radius 2 is 2.13 bits per heavy atom. The highest BCUT2D eigenvalue weighted by Gasteiger charge is 2.03. The van der Waals surface area contributed by atoms with E-state index >= 15 is 0 Å². The van der Waals surface area contributed by atoms with Gasteiger partial charge >= 0.3 is 6.03 Å². The third kappa shape index (κ3) is 2.00. The lowest BCUT2D eigenvalue weighted by Gasteiger charge is -2.05. The number of nitrogens with one attached hydrogen (secondary N) is 3. The van der Waals surface area contributed by atoms with Crippen LogP contribution in [0.2, 0.25) is 0 Å². The first-order chi connectivity index (χ1) is 7.31. The van der Waals surface area contributed by atoms with Gasteiger partial charge in [0.25, 0.3) is 0 Å². The van der Waals surface area contributed by atoms with Crippen molar-refractivity contribution in [2.24, 2.45) is 5.84 Å². The maximum absolute atomic E-state index is 10.8. The first-order valence-electron chi connectivity index (χ1n) is 4.30. The van der Waals surface area contributed by atoms with Gasteiger partial charge in [0.15, 0.2) is 0 Å². The highest BCUT2D eigenvalue weighted by Crippen LogP contribution is 2.29. The molecule has 1 aromatic carbocycles. The van der Waals surface area contributed by atoms with E-state index in [4.69, 9.17) is 5.84 Å². The Bertz CT molecular complexity index is 482. The fourth-order valence-electron chi connectivity index (χ4n) is 1.23. The molecule has 1 heterocycles. The van der Waals surface area contributed by atoms with Gasteiger partial charge in [-0.2, -0.15) is 0 Å². The van der Waals surface area contributed by atoms with Gasteiger partial charge in [-0.3, -0.25) is 16.3 Å². The first-order valence-corrected chi connectivity index (χ1v) is 5.18. The zero-order valence-electron chi connectivity index (χ0n) is 7.78. The summed E-state index contributed by atoms with van der Waals surface area (Å²) in [5.74, 6) is 4.92.